The summed E-state index contributed by atoms with van der Waals surface area (Å²) < 4.78 is 3.47. The predicted molar refractivity (Wildman–Crippen MR) is 138 cm³/mol. The van der Waals surface area contributed by atoms with Gasteiger partial charge in [0.2, 0.25) is 0 Å². The minimum Gasteiger partial charge on any atom is -0.481 e. The summed E-state index contributed by atoms with van der Waals surface area (Å²) in [7, 11) is 0. The molecule has 0 radical (unpaired) electrons. The van der Waals surface area contributed by atoms with Gasteiger partial charge in [-0.05, 0) is 47.7 Å². The van der Waals surface area contributed by atoms with Gasteiger partial charge in [0.25, 0.3) is 0 Å². The number of hydrogen-bond acceptors (Lipinski definition) is 6. The molecule has 0 amide bonds. The van der Waals surface area contributed by atoms with Gasteiger partial charge in [0.15, 0.2) is 5.82 Å². The zero-order valence-electron chi connectivity index (χ0n) is 20.9. The Morgan fingerprint density at radius 3 is 2.65 bits per heavy atom. The van der Waals surface area contributed by atoms with Gasteiger partial charge in [-0.1, -0.05) is 56.5 Å². The van der Waals surface area contributed by atoms with E-state index in [1.165, 1.54) is 0 Å². The van der Waals surface area contributed by atoms with E-state index >= 15 is 0 Å². The van der Waals surface area contributed by atoms with E-state index in [2.05, 4.69) is 32.5 Å². The second kappa shape index (κ2) is 10.9. The summed E-state index contributed by atoms with van der Waals surface area (Å²) in [5.74, 6) is -0.778. The maximum atomic E-state index is 13.6. The molecule has 1 aromatic carbocycles. The van der Waals surface area contributed by atoms with Crippen LogP contribution < -0.4 is 5.69 Å². The highest BCUT2D eigenvalue weighted by atomic mass is 16.4. The highest BCUT2D eigenvalue weighted by molar-refractivity contribution is 5.78. The number of benzene rings is 1. The summed E-state index contributed by atoms with van der Waals surface area (Å²) in [5.41, 5.74) is 4.22. The number of carbonyl (C=O) groups is 1. The summed E-state index contributed by atoms with van der Waals surface area (Å²) >= 11 is 0. The molecule has 10 heteroatoms. The van der Waals surface area contributed by atoms with Crippen LogP contribution in [0.1, 0.15) is 62.7 Å². The van der Waals surface area contributed by atoms with Crippen molar-refractivity contribution in [3.05, 3.63) is 70.5 Å². The SMILES string of the molecule is CCCCc1cn(C2CCCCC2C(=O)O)c(=O)n1Cc1ccc(-c2ccccc2-c2nnn[nH]2)nc1. The number of unbranched alkanes of at least 4 members (excludes halogenated alkanes) is 1. The van der Waals surface area contributed by atoms with Crippen molar-refractivity contribution >= 4 is 5.97 Å². The molecule has 1 saturated carbocycles. The third-order valence-corrected chi connectivity index (χ3v) is 7.25. The summed E-state index contributed by atoms with van der Waals surface area (Å²) in [6.45, 7) is 2.51. The van der Waals surface area contributed by atoms with Crippen LogP contribution in [0, 0.1) is 5.92 Å². The van der Waals surface area contributed by atoms with Crippen molar-refractivity contribution in [1.82, 2.24) is 34.7 Å². The monoisotopic (exact) mass is 501 g/mol. The Morgan fingerprint density at radius 2 is 1.95 bits per heavy atom. The van der Waals surface area contributed by atoms with Crippen molar-refractivity contribution in [2.45, 2.75) is 64.5 Å². The molecule has 0 spiro atoms. The van der Waals surface area contributed by atoms with Crippen LogP contribution in [0.2, 0.25) is 0 Å². The Morgan fingerprint density at radius 1 is 1.14 bits per heavy atom. The predicted octanol–water partition coefficient (Wildman–Crippen LogP) is 4.10. The summed E-state index contributed by atoms with van der Waals surface area (Å²) in [5, 5.41) is 23.9. The normalized spacial score (nSPS) is 17.6. The summed E-state index contributed by atoms with van der Waals surface area (Å²) in [6.07, 6.45) is 9.58. The summed E-state index contributed by atoms with van der Waals surface area (Å²) in [6, 6.07) is 11.4. The molecule has 0 aliphatic heterocycles. The smallest absolute Gasteiger partial charge is 0.328 e. The van der Waals surface area contributed by atoms with Gasteiger partial charge in [-0.25, -0.2) is 9.89 Å². The highest BCUT2D eigenvalue weighted by Crippen LogP contribution is 2.34. The first-order valence-corrected chi connectivity index (χ1v) is 12.9. The Bertz CT molecular complexity index is 1410. The van der Waals surface area contributed by atoms with E-state index < -0.39 is 11.9 Å². The van der Waals surface area contributed by atoms with Gasteiger partial charge in [-0.15, -0.1) is 5.10 Å². The van der Waals surface area contributed by atoms with Gasteiger partial charge in [0, 0.05) is 29.2 Å². The first kappa shape index (κ1) is 24.6. The fourth-order valence-electron chi connectivity index (χ4n) is 5.29. The van der Waals surface area contributed by atoms with Crippen molar-refractivity contribution in [3.8, 4) is 22.6 Å². The molecule has 1 fully saturated rings. The Labute approximate surface area is 214 Å². The number of pyridine rings is 1. The first-order valence-electron chi connectivity index (χ1n) is 12.9. The second-order valence-electron chi connectivity index (χ2n) is 9.64. The number of aryl methyl sites for hydroxylation is 1. The van der Waals surface area contributed by atoms with Gasteiger partial charge in [0.1, 0.15) is 0 Å². The van der Waals surface area contributed by atoms with Crippen LogP contribution in [-0.2, 0) is 17.8 Å². The van der Waals surface area contributed by atoms with Crippen LogP contribution in [0.25, 0.3) is 22.6 Å². The van der Waals surface area contributed by atoms with E-state index in [1.54, 1.807) is 15.3 Å². The molecule has 2 unspecified atom stereocenters. The molecule has 2 N–H and O–H groups in total. The van der Waals surface area contributed by atoms with Crippen LogP contribution in [0.4, 0.5) is 0 Å². The number of tetrazole rings is 1. The Kier molecular flexibility index (Phi) is 7.25. The minimum absolute atomic E-state index is 0.142. The molecule has 3 heterocycles. The van der Waals surface area contributed by atoms with Gasteiger partial charge < -0.3 is 5.11 Å². The lowest BCUT2D eigenvalue weighted by Gasteiger charge is -2.28. The molecular weight excluding hydrogens is 470 g/mol. The summed E-state index contributed by atoms with van der Waals surface area (Å²) in [4.78, 5) is 30.2. The van der Waals surface area contributed by atoms with Crippen LogP contribution in [0.3, 0.4) is 0 Å². The van der Waals surface area contributed by atoms with Crippen molar-refractivity contribution in [1.29, 1.82) is 0 Å². The van der Waals surface area contributed by atoms with Gasteiger partial charge in [-0.3, -0.25) is 18.9 Å². The van der Waals surface area contributed by atoms with E-state index in [4.69, 9.17) is 0 Å². The van der Waals surface area contributed by atoms with Crippen LogP contribution >= 0.6 is 0 Å². The molecule has 192 valence electrons. The largest absolute Gasteiger partial charge is 0.481 e. The minimum atomic E-state index is -0.819. The number of imidazole rings is 1. The molecule has 3 aromatic heterocycles. The molecule has 5 rings (SSSR count). The van der Waals surface area contributed by atoms with E-state index in [1.807, 2.05) is 42.6 Å². The standard InChI is InChI=1S/C27H31N7O3/c1-2-3-8-19-17-34(24-12-7-6-11-22(24)26(35)36)27(37)33(19)16-18-13-14-23(28-15-18)20-9-4-5-10-21(20)25-29-31-32-30-25/h4-5,9-10,13-15,17,22,24H,2-3,6-8,11-12,16H2,1H3,(H,35,36)(H,29,30,31,32). The fourth-order valence-corrected chi connectivity index (χ4v) is 5.29. The maximum Gasteiger partial charge on any atom is 0.328 e. The third kappa shape index (κ3) is 5.09. The Balaban J connectivity index is 1.45. The molecule has 1 aliphatic rings. The number of nitrogens with one attached hydrogen (secondary N) is 1. The van der Waals surface area contributed by atoms with Crippen LogP contribution in [0.5, 0.6) is 0 Å². The molecule has 2 atom stereocenters. The van der Waals surface area contributed by atoms with E-state index in [9.17, 15) is 14.7 Å². The average Bonchev–Trinajstić information content (AvgIpc) is 3.57. The zero-order valence-corrected chi connectivity index (χ0v) is 20.9. The molecule has 37 heavy (non-hydrogen) atoms. The molecular formula is C27H31N7O3. The molecule has 0 bridgehead atoms. The van der Waals surface area contributed by atoms with Gasteiger partial charge in [-0.2, -0.15) is 0 Å². The number of H-pyrrole nitrogens is 1. The number of nitrogens with zero attached hydrogens (tertiary/aromatic N) is 6. The number of aromatic amines is 1. The number of aliphatic carboxylic acids is 1. The number of hydrogen-bond donors (Lipinski definition) is 2. The number of carboxylic acid groups (broad SMARTS) is 1. The van der Waals surface area contributed by atoms with E-state index in [0.29, 0.717) is 25.2 Å². The molecule has 4 aromatic rings. The topological polar surface area (TPSA) is 132 Å². The quantitative estimate of drug-likeness (QED) is 0.353. The van der Waals surface area contributed by atoms with Crippen molar-refractivity contribution in [2.24, 2.45) is 5.92 Å². The second-order valence-corrected chi connectivity index (χ2v) is 9.64. The van der Waals surface area contributed by atoms with E-state index in [0.717, 1.165) is 60.2 Å². The molecule has 1 aliphatic carbocycles. The lowest BCUT2D eigenvalue weighted by Crippen LogP contribution is -2.36. The number of rotatable bonds is 9. The zero-order chi connectivity index (χ0) is 25.8. The Hall–Kier alpha value is -4.08. The maximum absolute atomic E-state index is 13.6. The fraction of sp³-hybridized carbons (Fsp3) is 0.407. The third-order valence-electron chi connectivity index (χ3n) is 7.25. The first-order chi connectivity index (χ1) is 18.1. The van der Waals surface area contributed by atoms with Crippen molar-refractivity contribution in [2.75, 3.05) is 0 Å². The van der Waals surface area contributed by atoms with Crippen LogP contribution in [-0.4, -0.2) is 45.8 Å². The van der Waals surface area contributed by atoms with E-state index in [-0.39, 0.29) is 11.7 Å². The lowest BCUT2D eigenvalue weighted by molar-refractivity contribution is -0.144. The highest BCUT2D eigenvalue weighted by Gasteiger charge is 2.33. The van der Waals surface area contributed by atoms with Gasteiger partial charge in [0.05, 0.1) is 24.2 Å². The van der Waals surface area contributed by atoms with Crippen molar-refractivity contribution in [3.63, 3.8) is 0 Å². The number of carboxylic acids is 1. The molecule has 10 nitrogen and oxygen atoms in total. The van der Waals surface area contributed by atoms with Gasteiger partial charge >= 0.3 is 11.7 Å². The van der Waals surface area contributed by atoms with Crippen molar-refractivity contribution < 1.29 is 9.90 Å². The molecule has 0 saturated heterocycles. The van der Waals surface area contributed by atoms with Crippen LogP contribution in [0.15, 0.2) is 53.6 Å². The number of aromatic nitrogens is 7. The lowest BCUT2D eigenvalue weighted by atomic mass is 9.84. The average molecular weight is 502 g/mol.